The molecule has 4 nitrogen and oxygen atoms in total. The first kappa shape index (κ1) is 18.9. The molecule has 4 heteroatoms. The number of nitrogens with zero attached hydrogens (tertiary/aromatic N) is 3. The number of hydrogen-bond donors (Lipinski definition) is 1. The zero-order chi connectivity index (χ0) is 19.5. The van der Waals surface area contributed by atoms with Crippen LogP contribution in [0.5, 0.6) is 0 Å². The van der Waals surface area contributed by atoms with Crippen LogP contribution in [0, 0.1) is 19.8 Å². The number of rotatable bonds is 6. The van der Waals surface area contributed by atoms with Crippen LogP contribution in [0.1, 0.15) is 34.0 Å². The van der Waals surface area contributed by atoms with Crippen molar-refractivity contribution < 1.29 is 0 Å². The van der Waals surface area contributed by atoms with E-state index in [9.17, 15) is 0 Å². The normalized spacial score (nSPS) is 20.0. The predicted octanol–water partition coefficient (Wildman–Crippen LogP) is 3.72. The van der Waals surface area contributed by atoms with Gasteiger partial charge in [0.2, 0.25) is 0 Å². The molecule has 0 unspecified atom stereocenters. The monoisotopic (exact) mass is 374 g/mol. The number of likely N-dealkylation sites (tertiary alicyclic amines) is 1. The summed E-state index contributed by atoms with van der Waals surface area (Å²) < 4.78 is 2.14. The Bertz CT molecular complexity index is 901. The highest BCUT2D eigenvalue weighted by molar-refractivity contribution is 5.27. The van der Waals surface area contributed by atoms with Crippen LogP contribution < -0.4 is 5.73 Å². The summed E-state index contributed by atoms with van der Waals surface area (Å²) in [6.07, 6.45) is 0. The van der Waals surface area contributed by atoms with Crippen LogP contribution in [0.2, 0.25) is 0 Å². The molecule has 3 aromatic rings. The Morgan fingerprint density at radius 1 is 0.929 bits per heavy atom. The minimum Gasteiger partial charge on any atom is -0.330 e. The molecule has 2 atom stereocenters. The highest BCUT2D eigenvalue weighted by atomic mass is 15.3. The Balaban J connectivity index is 1.50. The molecule has 28 heavy (non-hydrogen) atoms. The van der Waals surface area contributed by atoms with E-state index < -0.39 is 0 Å². The highest BCUT2D eigenvalue weighted by Gasteiger charge is 2.33. The Morgan fingerprint density at radius 2 is 1.61 bits per heavy atom. The van der Waals surface area contributed by atoms with Gasteiger partial charge in [-0.1, -0.05) is 60.7 Å². The van der Waals surface area contributed by atoms with Crippen LogP contribution >= 0.6 is 0 Å². The first-order valence-electron chi connectivity index (χ1n) is 10.2. The molecule has 0 saturated carbocycles. The van der Waals surface area contributed by atoms with Crippen molar-refractivity contribution in [2.24, 2.45) is 11.7 Å². The van der Waals surface area contributed by atoms with Crippen LogP contribution in [-0.2, 0) is 13.1 Å². The van der Waals surface area contributed by atoms with E-state index >= 15 is 0 Å². The lowest BCUT2D eigenvalue weighted by molar-refractivity contribution is 0.315. The molecule has 0 aliphatic carbocycles. The van der Waals surface area contributed by atoms with Crippen molar-refractivity contribution in [1.29, 1.82) is 0 Å². The molecule has 0 amide bonds. The van der Waals surface area contributed by atoms with Crippen LogP contribution in [0.15, 0.2) is 60.7 Å². The topological polar surface area (TPSA) is 47.1 Å². The second kappa shape index (κ2) is 8.29. The molecule has 2 aromatic carbocycles. The lowest BCUT2D eigenvalue weighted by atomic mass is 9.89. The maximum atomic E-state index is 6.12. The molecule has 1 aliphatic heterocycles. The van der Waals surface area contributed by atoms with E-state index in [1.807, 2.05) is 0 Å². The summed E-state index contributed by atoms with van der Waals surface area (Å²) in [6, 6.07) is 21.4. The molecule has 146 valence electrons. The fraction of sp³-hybridized carbons (Fsp3) is 0.375. The van der Waals surface area contributed by atoms with Gasteiger partial charge in [0.05, 0.1) is 12.2 Å². The fourth-order valence-corrected chi connectivity index (χ4v) is 4.50. The third kappa shape index (κ3) is 3.89. The summed E-state index contributed by atoms with van der Waals surface area (Å²) in [5.74, 6) is 1.04. The van der Waals surface area contributed by atoms with Gasteiger partial charge in [-0.25, -0.2) is 0 Å². The van der Waals surface area contributed by atoms with Gasteiger partial charge in [-0.05, 0) is 37.4 Å². The van der Waals surface area contributed by atoms with E-state index in [0.29, 0.717) is 11.8 Å². The number of benzene rings is 2. The Hall–Kier alpha value is -2.43. The minimum absolute atomic E-state index is 0.516. The lowest BCUT2D eigenvalue weighted by Gasteiger charge is -2.17. The molecule has 1 fully saturated rings. The van der Waals surface area contributed by atoms with E-state index in [1.54, 1.807) is 0 Å². The first-order valence-corrected chi connectivity index (χ1v) is 10.2. The zero-order valence-electron chi connectivity index (χ0n) is 16.9. The van der Waals surface area contributed by atoms with Crippen molar-refractivity contribution in [2.45, 2.75) is 32.9 Å². The van der Waals surface area contributed by atoms with Gasteiger partial charge >= 0.3 is 0 Å². The van der Waals surface area contributed by atoms with Crippen molar-refractivity contribution in [3.8, 4) is 0 Å². The smallest absolute Gasteiger partial charge is 0.0662 e. The van der Waals surface area contributed by atoms with Crippen molar-refractivity contribution in [3.05, 3.63) is 88.7 Å². The van der Waals surface area contributed by atoms with Gasteiger partial charge in [-0.2, -0.15) is 5.10 Å². The number of aryl methyl sites for hydroxylation is 1. The van der Waals surface area contributed by atoms with Gasteiger partial charge in [0.15, 0.2) is 0 Å². The van der Waals surface area contributed by atoms with Gasteiger partial charge in [0.1, 0.15) is 0 Å². The molecule has 2 N–H and O–H groups in total. The summed E-state index contributed by atoms with van der Waals surface area (Å²) in [5, 5.41) is 4.83. The molecule has 1 aromatic heterocycles. The number of aromatic nitrogens is 2. The largest absolute Gasteiger partial charge is 0.330 e. The first-order chi connectivity index (χ1) is 13.7. The summed E-state index contributed by atoms with van der Waals surface area (Å²) in [4.78, 5) is 2.55. The molecule has 0 spiro atoms. The van der Waals surface area contributed by atoms with Crippen molar-refractivity contribution >= 4 is 0 Å². The SMILES string of the molecule is Cc1nn(Cc2ccccc2)c(C)c1CN1C[C@@H](CN)[C@H](c2ccccc2)C1. The predicted molar refractivity (Wildman–Crippen MR) is 114 cm³/mol. The zero-order valence-corrected chi connectivity index (χ0v) is 16.9. The van der Waals surface area contributed by atoms with Gasteiger partial charge in [0.25, 0.3) is 0 Å². The standard InChI is InChI=1S/C24H30N4/c1-18-23(19(2)28(26-18)14-20-9-5-3-6-10-20)16-27-15-22(13-25)24(17-27)21-11-7-4-8-12-21/h3-12,22,24H,13-17,25H2,1-2H3/t22-,24+/m1/s1. The van der Waals surface area contributed by atoms with Gasteiger partial charge in [0, 0.05) is 36.8 Å². The van der Waals surface area contributed by atoms with Crippen LogP contribution in [0.25, 0.3) is 0 Å². The van der Waals surface area contributed by atoms with Crippen molar-refractivity contribution in [1.82, 2.24) is 14.7 Å². The molecule has 2 heterocycles. The summed E-state index contributed by atoms with van der Waals surface area (Å²) >= 11 is 0. The van der Waals surface area contributed by atoms with Crippen molar-refractivity contribution in [2.75, 3.05) is 19.6 Å². The van der Waals surface area contributed by atoms with Gasteiger partial charge < -0.3 is 5.73 Å². The Labute approximate surface area is 168 Å². The number of hydrogen-bond acceptors (Lipinski definition) is 3. The highest BCUT2D eigenvalue weighted by Crippen LogP contribution is 2.33. The Morgan fingerprint density at radius 3 is 2.29 bits per heavy atom. The van der Waals surface area contributed by atoms with Crippen LogP contribution in [0.3, 0.4) is 0 Å². The van der Waals surface area contributed by atoms with Gasteiger partial charge in [-0.3, -0.25) is 9.58 Å². The molecule has 1 saturated heterocycles. The van der Waals surface area contributed by atoms with E-state index in [1.165, 1.54) is 22.4 Å². The van der Waals surface area contributed by atoms with Crippen LogP contribution in [-0.4, -0.2) is 34.3 Å². The molecular weight excluding hydrogens is 344 g/mol. The maximum Gasteiger partial charge on any atom is 0.0662 e. The van der Waals surface area contributed by atoms with E-state index in [2.05, 4.69) is 84.1 Å². The lowest BCUT2D eigenvalue weighted by Crippen LogP contribution is -2.23. The average Bonchev–Trinajstić information content (AvgIpc) is 3.26. The molecular formula is C24H30N4. The minimum atomic E-state index is 0.516. The molecule has 0 bridgehead atoms. The third-order valence-electron chi connectivity index (χ3n) is 6.14. The third-order valence-corrected chi connectivity index (χ3v) is 6.14. The molecule has 4 rings (SSSR count). The molecule has 0 radical (unpaired) electrons. The van der Waals surface area contributed by atoms with Crippen molar-refractivity contribution in [3.63, 3.8) is 0 Å². The van der Waals surface area contributed by atoms with E-state index in [0.717, 1.165) is 38.4 Å². The summed E-state index contributed by atoms with van der Waals surface area (Å²) in [7, 11) is 0. The van der Waals surface area contributed by atoms with E-state index in [-0.39, 0.29) is 0 Å². The second-order valence-corrected chi connectivity index (χ2v) is 8.00. The van der Waals surface area contributed by atoms with Crippen LogP contribution in [0.4, 0.5) is 0 Å². The fourth-order valence-electron chi connectivity index (χ4n) is 4.50. The van der Waals surface area contributed by atoms with Gasteiger partial charge in [-0.15, -0.1) is 0 Å². The Kier molecular flexibility index (Phi) is 5.60. The maximum absolute atomic E-state index is 6.12. The number of nitrogens with two attached hydrogens (primary N) is 1. The summed E-state index contributed by atoms with van der Waals surface area (Å²) in [5.41, 5.74) is 12.6. The molecule has 1 aliphatic rings. The second-order valence-electron chi connectivity index (χ2n) is 8.00. The van der Waals surface area contributed by atoms with E-state index in [4.69, 9.17) is 10.8 Å². The summed E-state index contributed by atoms with van der Waals surface area (Å²) in [6.45, 7) is 8.96. The quantitative estimate of drug-likeness (QED) is 0.715. The average molecular weight is 375 g/mol.